The number of rotatable bonds is 9. The van der Waals surface area contributed by atoms with E-state index < -0.39 is 6.10 Å². The SMILES string of the molecule is CC(OCC1CCCO1)C(=O)NCc1ccc(COc2ccccc2)cc1. The zero-order chi connectivity index (χ0) is 18.9. The molecule has 1 aliphatic heterocycles. The molecule has 1 heterocycles. The first kappa shape index (κ1) is 19.4. The van der Waals surface area contributed by atoms with Crippen LogP contribution in [-0.4, -0.2) is 31.3 Å². The zero-order valence-electron chi connectivity index (χ0n) is 15.7. The first-order valence-corrected chi connectivity index (χ1v) is 9.47. The van der Waals surface area contributed by atoms with Gasteiger partial charge in [-0.2, -0.15) is 0 Å². The number of carbonyl (C=O) groups excluding carboxylic acids is 1. The second kappa shape index (κ2) is 10.1. The molecular weight excluding hydrogens is 342 g/mol. The quantitative estimate of drug-likeness (QED) is 0.735. The fraction of sp³-hybridized carbons (Fsp3) is 0.409. The summed E-state index contributed by atoms with van der Waals surface area (Å²) in [7, 11) is 0. The first-order valence-electron chi connectivity index (χ1n) is 9.47. The van der Waals surface area contributed by atoms with Crippen LogP contribution in [0.1, 0.15) is 30.9 Å². The van der Waals surface area contributed by atoms with Gasteiger partial charge >= 0.3 is 0 Å². The summed E-state index contributed by atoms with van der Waals surface area (Å²) in [5.41, 5.74) is 2.13. The van der Waals surface area contributed by atoms with Crippen molar-refractivity contribution in [2.24, 2.45) is 0 Å². The number of amides is 1. The average molecular weight is 369 g/mol. The van der Waals surface area contributed by atoms with Crippen molar-refractivity contribution in [1.82, 2.24) is 5.32 Å². The Morgan fingerprint density at radius 3 is 2.59 bits per heavy atom. The smallest absolute Gasteiger partial charge is 0.249 e. The predicted octanol–water partition coefficient (Wildman–Crippen LogP) is 3.47. The summed E-state index contributed by atoms with van der Waals surface area (Å²) < 4.78 is 16.9. The molecule has 5 heteroatoms. The van der Waals surface area contributed by atoms with Crippen molar-refractivity contribution >= 4 is 5.91 Å². The van der Waals surface area contributed by atoms with E-state index in [0.29, 0.717) is 19.8 Å². The molecule has 144 valence electrons. The van der Waals surface area contributed by atoms with Gasteiger partial charge in [-0.05, 0) is 43.0 Å². The van der Waals surface area contributed by atoms with Gasteiger partial charge in [-0.1, -0.05) is 42.5 Å². The Bertz CT molecular complexity index is 696. The number of hydrogen-bond acceptors (Lipinski definition) is 4. The van der Waals surface area contributed by atoms with Crippen LogP contribution >= 0.6 is 0 Å². The highest BCUT2D eigenvalue weighted by molar-refractivity contribution is 5.80. The number of ether oxygens (including phenoxy) is 3. The van der Waals surface area contributed by atoms with Crippen LogP contribution in [0.25, 0.3) is 0 Å². The van der Waals surface area contributed by atoms with Crippen LogP contribution < -0.4 is 10.1 Å². The molecule has 3 rings (SSSR count). The van der Waals surface area contributed by atoms with E-state index in [1.807, 2.05) is 54.6 Å². The van der Waals surface area contributed by atoms with Gasteiger partial charge in [-0.25, -0.2) is 0 Å². The van der Waals surface area contributed by atoms with Crippen molar-refractivity contribution in [2.45, 2.75) is 45.1 Å². The molecule has 5 nitrogen and oxygen atoms in total. The molecule has 2 aromatic rings. The lowest BCUT2D eigenvalue weighted by molar-refractivity contribution is -0.133. The molecule has 1 aliphatic rings. The molecular formula is C22H27NO4. The summed E-state index contributed by atoms with van der Waals surface area (Å²) >= 11 is 0. The lowest BCUT2D eigenvalue weighted by Gasteiger charge is -2.16. The molecule has 1 N–H and O–H groups in total. The van der Waals surface area contributed by atoms with Crippen LogP contribution in [0.5, 0.6) is 5.75 Å². The summed E-state index contributed by atoms with van der Waals surface area (Å²) in [5.74, 6) is 0.746. The summed E-state index contributed by atoms with van der Waals surface area (Å²) in [6.07, 6.45) is 1.73. The Morgan fingerprint density at radius 1 is 1.15 bits per heavy atom. The highest BCUT2D eigenvalue weighted by Crippen LogP contribution is 2.14. The van der Waals surface area contributed by atoms with Gasteiger partial charge in [0.1, 0.15) is 18.5 Å². The number of carbonyl (C=O) groups is 1. The van der Waals surface area contributed by atoms with Crippen molar-refractivity contribution in [3.63, 3.8) is 0 Å². The van der Waals surface area contributed by atoms with Crippen LogP contribution in [0.3, 0.4) is 0 Å². The van der Waals surface area contributed by atoms with Crippen molar-refractivity contribution < 1.29 is 19.0 Å². The van der Waals surface area contributed by atoms with Crippen LogP contribution in [0, 0.1) is 0 Å². The standard InChI is InChI=1S/C22H27NO4/c1-17(26-16-21-8-5-13-25-21)22(24)23-14-18-9-11-19(12-10-18)15-27-20-6-3-2-4-7-20/h2-4,6-7,9-12,17,21H,5,8,13-16H2,1H3,(H,23,24). The average Bonchev–Trinajstić information content (AvgIpc) is 3.24. The van der Waals surface area contributed by atoms with E-state index in [4.69, 9.17) is 14.2 Å². The van der Waals surface area contributed by atoms with Crippen molar-refractivity contribution in [3.8, 4) is 5.75 Å². The Morgan fingerprint density at radius 2 is 1.89 bits per heavy atom. The second-order valence-electron chi connectivity index (χ2n) is 6.75. The minimum absolute atomic E-state index is 0.107. The molecule has 0 bridgehead atoms. The van der Waals surface area contributed by atoms with Crippen LogP contribution in [0.15, 0.2) is 54.6 Å². The normalized spacial score (nSPS) is 17.4. The van der Waals surface area contributed by atoms with E-state index in [0.717, 1.165) is 36.3 Å². The third-order valence-electron chi connectivity index (χ3n) is 4.56. The van der Waals surface area contributed by atoms with Crippen molar-refractivity contribution in [2.75, 3.05) is 13.2 Å². The fourth-order valence-corrected chi connectivity index (χ4v) is 2.87. The van der Waals surface area contributed by atoms with E-state index >= 15 is 0 Å². The Balaban J connectivity index is 1.38. The largest absolute Gasteiger partial charge is 0.489 e. The second-order valence-corrected chi connectivity index (χ2v) is 6.75. The van der Waals surface area contributed by atoms with E-state index in [-0.39, 0.29) is 12.0 Å². The molecule has 0 spiro atoms. The Labute approximate surface area is 160 Å². The maximum absolute atomic E-state index is 12.2. The van der Waals surface area contributed by atoms with Crippen molar-refractivity contribution in [1.29, 1.82) is 0 Å². The molecule has 2 unspecified atom stereocenters. The highest BCUT2D eigenvalue weighted by Gasteiger charge is 2.19. The monoisotopic (exact) mass is 369 g/mol. The molecule has 2 aromatic carbocycles. The van der Waals surface area contributed by atoms with E-state index in [1.165, 1.54) is 0 Å². The van der Waals surface area contributed by atoms with Gasteiger partial charge in [0.15, 0.2) is 0 Å². The maximum Gasteiger partial charge on any atom is 0.249 e. The number of nitrogens with one attached hydrogen (secondary N) is 1. The summed E-state index contributed by atoms with van der Waals surface area (Å²) in [6.45, 7) is 4.04. The van der Waals surface area contributed by atoms with E-state index in [9.17, 15) is 4.79 Å². The third-order valence-corrected chi connectivity index (χ3v) is 4.56. The van der Waals surface area contributed by atoms with Gasteiger partial charge in [0.25, 0.3) is 0 Å². The molecule has 2 atom stereocenters. The number of benzene rings is 2. The minimum Gasteiger partial charge on any atom is -0.489 e. The highest BCUT2D eigenvalue weighted by atomic mass is 16.5. The maximum atomic E-state index is 12.2. The van der Waals surface area contributed by atoms with Gasteiger partial charge in [0.05, 0.1) is 12.7 Å². The molecule has 0 saturated carbocycles. The molecule has 0 aliphatic carbocycles. The molecule has 0 aromatic heterocycles. The van der Waals surface area contributed by atoms with Crippen LogP contribution in [0.4, 0.5) is 0 Å². The van der Waals surface area contributed by atoms with Gasteiger partial charge in [-0.3, -0.25) is 4.79 Å². The van der Waals surface area contributed by atoms with Gasteiger partial charge in [-0.15, -0.1) is 0 Å². The zero-order valence-corrected chi connectivity index (χ0v) is 15.7. The predicted molar refractivity (Wildman–Crippen MR) is 103 cm³/mol. The van der Waals surface area contributed by atoms with Gasteiger partial charge in [0, 0.05) is 13.2 Å². The lowest BCUT2D eigenvalue weighted by Crippen LogP contribution is -2.35. The van der Waals surface area contributed by atoms with Gasteiger partial charge < -0.3 is 19.5 Å². The number of para-hydroxylation sites is 1. The van der Waals surface area contributed by atoms with Gasteiger partial charge in [0.2, 0.25) is 5.91 Å². The molecule has 1 fully saturated rings. The molecule has 1 amide bonds. The summed E-state index contributed by atoms with van der Waals surface area (Å²) in [4.78, 5) is 12.2. The minimum atomic E-state index is -0.479. The Hall–Kier alpha value is -2.37. The lowest BCUT2D eigenvalue weighted by atomic mass is 10.1. The fourth-order valence-electron chi connectivity index (χ4n) is 2.87. The van der Waals surface area contributed by atoms with Crippen LogP contribution in [0.2, 0.25) is 0 Å². The summed E-state index contributed by atoms with van der Waals surface area (Å²) in [6, 6.07) is 17.8. The van der Waals surface area contributed by atoms with E-state index in [2.05, 4.69) is 5.32 Å². The first-order chi connectivity index (χ1) is 13.2. The number of hydrogen-bond donors (Lipinski definition) is 1. The summed E-state index contributed by atoms with van der Waals surface area (Å²) in [5, 5.41) is 2.92. The van der Waals surface area contributed by atoms with Crippen molar-refractivity contribution in [3.05, 3.63) is 65.7 Å². The molecule has 27 heavy (non-hydrogen) atoms. The Kier molecular flexibility index (Phi) is 7.25. The van der Waals surface area contributed by atoms with Crippen LogP contribution in [-0.2, 0) is 27.4 Å². The topological polar surface area (TPSA) is 56.8 Å². The molecule has 1 saturated heterocycles. The van der Waals surface area contributed by atoms with E-state index in [1.54, 1.807) is 6.92 Å². The molecule has 0 radical (unpaired) electrons. The third kappa shape index (κ3) is 6.38.